The summed E-state index contributed by atoms with van der Waals surface area (Å²) in [5, 5.41) is 2.87. The maximum atomic E-state index is 12.4. The van der Waals surface area contributed by atoms with Crippen LogP contribution < -0.4 is 5.32 Å². The molecule has 1 N–H and O–H groups in total. The number of furan rings is 1. The summed E-state index contributed by atoms with van der Waals surface area (Å²) < 4.78 is 11.7. The summed E-state index contributed by atoms with van der Waals surface area (Å²) in [5.74, 6) is 2.40. The summed E-state index contributed by atoms with van der Waals surface area (Å²) in [4.78, 5) is 23.0. The summed E-state index contributed by atoms with van der Waals surface area (Å²) in [6.45, 7) is 4.02. The maximum Gasteiger partial charge on any atom is 0.249 e. The molecule has 2 aromatic rings. The van der Waals surface area contributed by atoms with Crippen LogP contribution >= 0.6 is 0 Å². The minimum atomic E-state index is -0.403. The first-order chi connectivity index (χ1) is 12.2. The van der Waals surface area contributed by atoms with Crippen molar-refractivity contribution in [3.8, 4) is 0 Å². The van der Waals surface area contributed by atoms with Gasteiger partial charge in [-0.3, -0.25) is 9.69 Å². The molecular formula is C18H22N4O3. The van der Waals surface area contributed by atoms with Gasteiger partial charge in [0.15, 0.2) is 0 Å². The molecule has 2 fully saturated rings. The van der Waals surface area contributed by atoms with Crippen molar-refractivity contribution in [2.45, 2.75) is 51.1 Å². The molecule has 0 aromatic carbocycles. The lowest BCUT2D eigenvalue weighted by Crippen LogP contribution is -2.36. The van der Waals surface area contributed by atoms with Gasteiger partial charge in [0.1, 0.15) is 23.4 Å². The van der Waals surface area contributed by atoms with Crippen molar-refractivity contribution in [2.75, 3.05) is 6.54 Å². The Bertz CT molecular complexity index is 733. The Morgan fingerprint density at radius 3 is 2.96 bits per heavy atom. The van der Waals surface area contributed by atoms with Gasteiger partial charge in [-0.05, 0) is 31.5 Å². The van der Waals surface area contributed by atoms with E-state index in [1.807, 2.05) is 19.1 Å². The molecule has 3 atom stereocenters. The monoisotopic (exact) mass is 342 g/mol. The second kappa shape index (κ2) is 6.93. The zero-order valence-electron chi connectivity index (χ0n) is 14.2. The molecule has 2 aliphatic rings. The number of fused-ring (bicyclic) bond motifs is 1. The average Bonchev–Trinajstić information content (AvgIpc) is 3.31. The minimum Gasteiger partial charge on any atom is -0.465 e. The lowest BCUT2D eigenvalue weighted by molar-refractivity contribution is -0.132. The van der Waals surface area contributed by atoms with Crippen LogP contribution in [0.5, 0.6) is 0 Å². The molecule has 0 bridgehead atoms. The second-order valence-electron chi connectivity index (χ2n) is 6.62. The van der Waals surface area contributed by atoms with E-state index in [4.69, 9.17) is 9.15 Å². The Morgan fingerprint density at radius 1 is 1.36 bits per heavy atom. The Balaban J connectivity index is 1.32. The van der Waals surface area contributed by atoms with Gasteiger partial charge in [-0.25, -0.2) is 9.97 Å². The third kappa shape index (κ3) is 3.57. The third-order valence-corrected chi connectivity index (χ3v) is 4.88. The van der Waals surface area contributed by atoms with Crippen LogP contribution in [0.25, 0.3) is 0 Å². The van der Waals surface area contributed by atoms with Crippen LogP contribution in [0.3, 0.4) is 0 Å². The Labute approximate surface area is 146 Å². The number of nitrogens with zero attached hydrogens (tertiary/aromatic N) is 3. The number of aryl methyl sites for hydroxylation is 1. The van der Waals surface area contributed by atoms with Crippen molar-refractivity contribution in [3.63, 3.8) is 0 Å². The number of amides is 1. The van der Waals surface area contributed by atoms with E-state index in [2.05, 4.69) is 20.2 Å². The second-order valence-corrected chi connectivity index (χ2v) is 6.62. The average molecular weight is 342 g/mol. The molecule has 1 amide bonds. The number of carbonyl (C=O) groups is 1. The number of hydrogen-bond acceptors (Lipinski definition) is 6. The van der Waals surface area contributed by atoms with Crippen LogP contribution in [0, 0.1) is 6.92 Å². The van der Waals surface area contributed by atoms with E-state index in [1.165, 1.54) is 0 Å². The van der Waals surface area contributed by atoms with Gasteiger partial charge in [0, 0.05) is 31.4 Å². The van der Waals surface area contributed by atoms with Gasteiger partial charge in [0.2, 0.25) is 5.91 Å². The molecule has 2 saturated heterocycles. The van der Waals surface area contributed by atoms with Crippen LogP contribution in [0.2, 0.25) is 0 Å². The number of nitrogens with one attached hydrogen (secondary N) is 1. The van der Waals surface area contributed by atoms with Crippen molar-refractivity contribution in [1.29, 1.82) is 0 Å². The summed E-state index contributed by atoms with van der Waals surface area (Å²) in [6, 6.07) is 6.02. The Morgan fingerprint density at radius 2 is 2.20 bits per heavy atom. The zero-order valence-corrected chi connectivity index (χ0v) is 14.2. The molecule has 0 spiro atoms. The summed E-state index contributed by atoms with van der Waals surface area (Å²) in [5.41, 5.74) is 0. The van der Waals surface area contributed by atoms with Gasteiger partial charge in [0.05, 0.1) is 19.2 Å². The van der Waals surface area contributed by atoms with Gasteiger partial charge in [-0.15, -0.1) is 0 Å². The van der Waals surface area contributed by atoms with Gasteiger partial charge >= 0.3 is 0 Å². The topological polar surface area (TPSA) is 80.5 Å². The van der Waals surface area contributed by atoms with Gasteiger partial charge in [0.25, 0.3) is 0 Å². The van der Waals surface area contributed by atoms with Gasteiger partial charge in [-0.2, -0.15) is 0 Å². The fraction of sp³-hybridized carbons (Fsp3) is 0.500. The molecule has 0 aliphatic carbocycles. The molecule has 4 heterocycles. The first kappa shape index (κ1) is 16.2. The van der Waals surface area contributed by atoms with E-state index in [-0.39, 0.29) is 18.1 Å². The molecule has 7 heteroatoms. The molecule has 132 valence electrons. The summed E-state index contributed by atoms with van der Waals surface area (Å²) >= 11 is 0. The molecule has 7 nitrogen and oxygen atoms in total. The largest absolute Gasteiger partial charge is 0.465 e. The van der Waals surface area contributed by atoms with Crippen LogP contribution in [-0.2, 0) is 22.6 Å². The lowest BCUT2D eigenvalue weighted by atomic mass is 10.1. The molecule has 2 aromatic heterocycles. The molecule has 0 saturated carbocycles. The van der Waals surface area contributed by atoms with Gasteiger partial charge < -0.3 is 14.5 Å². The Kier molecular flexibility index (Phi) is 4.50. The number of ether oxygens (including phenoxy) is 1. The smallest absolute Gasteiger partial charge is 0.249 e. The zero-order chi connectivity index (χ0) is 17.2. The SMILES string of the molecule is Cc1ccc(CN2CC[C@@H]3O[C@@H](C(=O)NCc4ncccn4)C[C@@H]32)o1. The normalized spacial score (nSPS) is 25.9. The molecular weight excluding hydrogens is 320 g/mol. The fourth-order valence-electron chi connectivity index (χ4n) is 3.67. The third-order valence-electron chi connectivity index (χ3n) is 4.88. The highest BCUT2D eigenvalue weighted by Crippen LogP contribution is 2.34. The maximum absolute atomic E-state index is 12.4. The van der Waals surface area contributed by atoms with Crippen molar-refractivity contribution >= 4 is 5.91 Å². The van der Waals surface area contributed by atoms with Crippen molar-refractivity contribution < 1.29 is 13.9 Å². The highest BCUT2D eigenvalue weighted by Gasteiger charge is 2.45. The van der Waals surface area contributed by atoms with E-state index in [0.717, 1.165) is 31.0 Å². The van der Waals surface area contributed by atoms with Crippen molar-refractivity contribution in [3.05, 3.63) is 47.9 Å². The van der Waals surface area contributed by atoms with Crippen molar-refractivity contribution in [1.82, 2.24) is 20.2 Å². The quantitative estimate of drug-likeness (QED) is 0.885. The number of hydrogen-bond donors (Lipinski definition) is 1. The van der Waals surface area contributed by atoms with Crippen LogP contribution in [-0.4, -0.2) is 45.6 Å². The highest BCUT2D eigenvalue weighted by atomic mass is 16.5. The highest BCUT2D eigenvalue weighted by molar-refractivity contribution is 5.81. The number of rotatable bonds is 5. The number of aromatic nitrogens is 2. The van der Waals surface area contributed by atoms with Gasteiger partial charge in [-0.1, -0.05) is 0 Å². The molecule has 0 unspecified atom stereocenters. The summed E-state index contributed by atoms with van der Waals surface area (Å²) in [7, 11) is 0. The number of carbonyl (C=O) groups excluding carboxylic acids is 1. The molecule has 25 heavy (non-hydrogen) atoms. The molecule has 4 rings (SSSR count). The standard InChI is InChI=1S/C18H22N4O3/c1-12-3-4-13(24-12)11-22-8-5-15-14(22)9-16(25-15)18(23)21-10-17-19-6-2-7-20-17/h2-4,6-7,14-16H,5,8-11H2,1H3,(H,21,23)/t14-,15-,16+/m0/s1. The Hall–Kier alpha value is -2.25. The minimum absolute atomic E-state index is 0.0874. The first-order valence-electron chi connectivity index (χ1n) is 8.67. The molecule has 0 radical (unpaired) electrons. The van der Waals surface area contributed by atoms with Crippen LogP contribution in [0.4, 0.5) is 0 Å². The van der Waals surface area contributed by atoms with Crippen molar-refractivity contribution in [2.24, 2.45) is 0 Å². The van der Waals surface area contributed by atoms with Crippen LogP contribution in [0.1, 0.15) is 30.2 Å². The lowest BCUT2D eigenvalue weighted by Gasteiger charge is -2.21. The van der Waals surface area contributed by atoms with E-state index < -0.39 is 6.10 Å². The number of likely N-dealkylation sites (tertiary alicyclic amines) is 1. The summed E-state index contributed by atoms with van der Waals surface area (Å²) in [6.07, 6.45) is 4.72. The van der Waals surface area contributed by atoms with E-state index in [1.54, 1.807) is 18.5 Å². The van der Waals surface area contributed by atoms with Crippen LogP contribution in [0.15, 0.2) is 35.0 Å². The predicted octanol–water partition coefficient (Wildman–Crippen LogP) is 1.43. The van der Waals surface area contributed by atoms with E-state index in [9.17, 15) is 4.79 Å². The van der Waals surface area contributed by atoms with E-state index >= 15 is 0 Å². The molecule has 2 aliphatic heterocycles. The fourth-order valence-corrected chi connectivity index (χ4v) is 3.67. The van der Waals surface area contributed by atoms with E-state index in [0.29, 0.717) is 18.8 Å². The first-order valence-corrected chi connectivity index (χ1v) is 8.67. The predicted molar refractivity (Wildman–Crippen MR) is 89.4 cm³/mol.